The number of phosphoric acid groups is 1. The van der Waals surface area contributed by atoms with Crippen LogP contribution in [0, 0.1) is 0 Å². The molecule has 9 heavy (non-hydrogen) atoms. The van der Waals surface area contributed by atoms with E-state index in [9.17, 15) is 4.57 Å². The van der Waals surface area contributed by atoms with Gasteiger partial charge in [-0.3, -0.25) is 0 Å². The molecule has 0 aromatic carbocycles. The maximum Gasteiger partial charge on any atom is 1.00 e. The fraction of sp³-hybridized carbons (Fsp3) is 0. The minimum absolute atomic E-state index is 0. The Hall–Kier alpha value is 3.40. The average molecular weight is 204 g/mol. The first-order valence-electron chi connectivity index (χ1n) is 0.919. The predicted molar refractivity (Wildman–Crippen MR) is 22.3 cm³/mol. The Bertz CT molecular complexity index is 89.6. The Labute approximate surface area is 129 Å². The van der Waals surface area contributed by atoms with E-state index >= 15 is 0 Å². The van der Waals surface area contributed by atoms with Crippen molar-refractivity contribution in [1.82, 2.24) is 0 Å². The molecule has 4 nitrogen and oxygen atoms in total. The van der Waals surface area contributed by atoms with Crippen LogP contribution in [0.25, 0.3) is 0 Å². The molecule has 44 valence electrons. The van der Waals surface area contributed by atoms with E-state index in [1.54, 1.807) is 0 Å². The van der Waals surface area contributed by atoms with Crippen LogP contribution in [0.15, 0.2) is 0 Å². The van der Waals surface area contributed by atoms with Crippen LogP contribution in [0.3, 0.4) is 0 Å². The van der Waals surface area contributed by atoms with Gasteiger partial charge in [0.1, 0.15) is 0 Å². The Morgan fingerprint density at radius 1 is 1.33 bits per heavy atom. The van der Waals surface area contributed by atoms with Gasteiger partial charge in [-0.15, -0.1) is 0 Å². The number of halogens is 1. The van der Waals surface area contributed by atoms with Gasteiger partial charge in [-0.2, -0.15) is 4.08 Å². The van der Waals surface area contributed by atoms with E-state index in [0.717, 1.165) is 0 Å². The molecule has 9 heteroatoms. The standard InChI is InChI=1S/ClH2O4P.3Na.3H/c1-5-6(2,3)4;;;;;;/h(H2,2,3,4);;;;;;/q;3*+1;3*-1. The first-order valence-corrected chi connectivity index (χ1v) is 2.76. The van der Waals surface area contributed by atoms with E-state index in [2.05, 4.69) is 15.9 Å². The van der Waals surface area contributed by atoms with Gasteiger partial charge in [0.25, 0.3) is 0 Å². The van der Waals surface area contributed by atoms with E-state index < -0.39 is 7.82 Å². The van der Waals surface area contributed by atoms with E-state index in [4.69, 9.17) is 9.79 Å². The second kappa shape index (κ2) is 11.4. The van der Waals surface area contributed by atoms with E-state index in [1.165, 1.54) is 0 Å². The normalized spacial score (nSPS) is 7.89. The van der Waals surface area contributed by atoms with Crippen molar-refractivity contribution in [3.05, 3.63) is 0 Å². The maximum absolute atomic E-state index is 9.34. The molecule has 0 aliphatic heterocycles. The van der Waals surface area contributed by atoms with Crippen LogP contribution in [-0.4, -0.2) is 9.79 Å². The zero-order chi connectivity index (χ0) is 5.21. The van der Waals surface area contributed by atoms with Crippen LogP contribution in [-0.2, 0) is 8.64 Å². The summed E-state index contributed by atoms with van der Waals surface area (Å²) < 4.78 is 12.4. The van der Waals surface area contributed by atoms with Crippen molar-refractivity contribution in [1.29, 1.82) is 0 Å². The van der Waals surface area contributed by atoms with Gasteiger partial charge in [-0.1, -0.05) is 0 Å². The molecular weight excluding hydrogens is 199 g/mol. The van der Waals surface area contributed by atoms with Crippen molar-refractivity contribution >= 4 is 19.7 Å². The Morgan fingerprint density at radius 3 is 1.44 bits per heavy atom. The van der Waals surface area contributed by atoms with Crippen molar-refractivity contribution in [3.63, 3.8) is 0 Å². The summed E-state index contributed by atoms with van der Waals surface area (Å²) in [6.45, 7) is 0. The molecule has 0 saturated heterocycles. The Balaban J connectivity index is -0.00000000833. The molecule has 0 aromatic heterocycles. The smallest absolute Gasteiger partial charge is 1.00 e. The van der Waals surface area contributed by atoms with Crippen molar-refractivity contribution in [2.75, 3.05) is 0 Å². The number of rotatable bonds is 1. The van der Waals surface area contributed by atoms with E-state index in [-0.39, 0.29) is 93.0 Å². The summed E-state index contributed by atoms with van der Waals surface area (Å²) in [4.78, 5) is 15.2. The number of hydrogen-bond acceptors (Lipinski definition) is 2. The predicted octanol–water partition coefficient (Wildman–Crippen LogP) is -8.40. The Morgan fingerprint density at radius 2 is 1.44 bits per heavy atom. The van der Waals surface area contributed by atoms with Gasteiger partial charge < -0.3 is 14.1 Å². The van der Waals surface area contributed by atoms with Gasteiger partial charge in [0.15, 0.2) is 0 Å². The molecule has 0 aromatic rings. The minimum atomic E-state index is -4.38. The molecule has 0 amide bonds. The van der Waals surface area contributed by atoms with Crippen LogP contribution in [0.1, 0.15) is 4.28 Å². The Kier molecular flexibility index (Phi) is 28.9. The van der Waals surface area contributed by atoms with Gasteiger partial charge in [-0.25, -0.2) is 4.57 Å². The van der Waals surface area contributed by atoms with Crippen molar-refractivity contribution in [2.24, 2.45) is 0 Å². The molecule has 0 radical (unpaired) electrons. The summed E-state index contributed by atoms with van der Waals surface area (Å²) >= 11 is 4.21. The molecule has 0 atom stereocenters. The first-order chi connectivity index (χ1) is 2.56. The summed E-state index contributed by atoms with van der Waals surface area (Å²) in [7, 11) is -4.38. The second-order valence-corrected chi connectivity index (χ2v) is 2.09. The van der Waals surface area contributed by atoms with Gasteiger partial charge >= 0.3 is 96.5 Å². The molecule has 0 heterocycles. The van der Waals surface area contributed by atoms with E-state index in [0.29, 0.717) is 0 Å². The molecule has 0 fully saturated rings. The second-order valence-electron chi connectivity index (χ2n) is 0.560. The SMILES string of the molecule is O=P(O)(O)OCl.[H-].[H-].[H-].[Na+].[Na+].[Na+]. The molecule has 0 unspecified atom stereocenters. The van der Waals surface area contributed by atoms with Gasteiger partial charge in [0.2, 0.25) is 0 Å². The molecule has 0 spiro atoms. The molecule has 2 N–H and O–H groups in total. The number of hydrogen-bond donors (Lipinski definition) is 2. The largest absolute Gasteiger partial charge is 1.00 e. The molecule has 0 aliphatic rings. The monoisotopic (exact) mass is 204 g/mol. The summed E-state index contributed by atoms with van der Waals surface area (Å²) in [6, 6.07) is 0. The zero-order valence-electron chi connectivity index (χ0n) is 8.54. The van der Waals surface area contributed by atoms with Crippen LogP contribution < -0.4 is 88.7 Å². The van der Waals surface area contributed by atoms with Crippen molar-refractivity contribution in [2.45, 2.75) is 0 Å². The van der Waals surface area contributed by atoms with Gasteiger partial charge in [-0.05, 0) is 0 Å². The van der Waals surface area contributed by atoms with Gasteiger partial charge in [0.05, 0.1) is 11.9 Å². The zero-order valence-corrected chi connectivity index (χ0v) is 13.2. The van der Waals surface area contributed by atoms with Crippen molar-refractivity contribution in [3.8, 4) is 0 Å². The molecule has 0 aliphatic carbocycles. The van der Waals surface area contributed by atoms with Crippen LogP contribution >= 0.6 is 19.7 Å². The molecule has 0 bridgehead atoms. The fourth-order valence-electron chi connectivity index (χ4n) is 0. The van der Waals surface area contributed by atoms with Crippen LogP contribution in [0.4, 0.5) is 0 Å². The summed E-state index contributed by atoms with van der Waals surface area (Å²) in [6.07, 6.45) is 0. The summed E-state index contributed by atoms with van der Waals surface area (Å²) in [5.41, 5.74) is 0. The molecule has 0 saturated carbocycles. The maximum atomic E-state index is 9.34. The van der Waals surface area contributed by atoms with Crippen LogP contribution in [0.5, 0.6) is 0 Å². The average Bonchev–Trinajstić information content (AvgIpc) is 1.35. The quantitative estimate of drug-likeness (QED) is 0.329. The third-order valence-electron chi connectivity index (χ3n) is 0.0899. The topological polar surface area (TPSA) is 66.8 Å². The summed E-state index contributed by atoms with van der Waals surface area (Å²) in [5, 5.41) is 0. The fourth-order valence-corrected chi connectivity index (χ4v) is 0. The molecular formula is H5ClNa3O4P. The van der Waals surface area contributed by atoms with E-state index in [1.807, 2.05) is 0 Å². The third-order valence-corrected chi connectivity index (χ3v) is 0.809. The van der Waals surface area contributed by atoms with Crippen molar-refractivity contribution < 1.29 is 111 Å². The summed E-state index contributed by atoms with van der Waals surface area (Å²) in [5.74, 6) is 0. The first kappa shape index (κ1) is 22.8. The van der Waals surface area contributed by atoms with Gasteiger partial charge in [0, 0.05) is 0 Å². The minimum Gasteiger partial charge on any atom is -1.00 e. The molecule has 0 rings (SSSR count). The third kappa shape index (κ3) is 24.6. The van der Waals surface area contributed by atoms with Crippen LogP contribution in [0.2, 0.25) is 0 Å².